The Morgan fingerprint density at radius 2 is 2.06 bits per heavy atom. The summed E-state index contributed by atoms with van der Waals surface area (Å²) in [7, 11) is 0. The molecule has 11 heteroatoms. The minimum atomic E-state index is -1.97. The van der Waals surface area contributed by atoms with Gasteiger partial charge in [-0.2, -0.15) is 5.10 Å². The van der Waals surface area contributed by atoms with Gasteiger partial charge in [-0.05, 0) is 49.5 Å². The molecule has 2 aliphatic heterocycles. The number of hydrazine groups is 1. The van der Waals surface area contributed by atoms with E-state index in [9.17, 15) is 19.8 Å². The third-order valence-corrected chi connectivity index (χ3v) is 6.89. The number of aliphatic carboxylic acids is 1. The number of hydrogen-bond acceptors (Lipinski definition) is 8. The molecule has 1 aromatic carbocycles. The fraction of sp³-hybridized carbons (Fsp3) is 0.571. The molecule has 0 radical (unpaired) electrons. The van der Waals surface area contributed by atoms with Gasteiger partial charge < -0.3 is 25.4 Å². The third kappa shape index (κ3) is 3.87. The van der Waals surface area contributed by atoms with Crippen LogP contribution in [0.3, 0.4) is 0 Å². The second-order valence-corrected chi connectivity index (χ2v) is 8.71. The van der Waals surface area contributed by atoms with Crippen LogP contribution in [0.1, 0.15) is 44.1 Å². The van der Waals surface area contributed by atoms with Crippen LogP contribution in [0.15, 0.2) is 35.4 Å². The summed E-state index contributed by atoms with van der Waals surface area (Å²) in [6.45, 7) is -0.0300. The van der Waals surface area contributed by atoms with Gasteiger partial charge in [0.1, 0.15) is 18.5 Å². The summed E-state index contributed by atoms with van der Waals surface area (Å²) in [6, 6.07) is 7.81. The molecule has 1 aliphatic carbocycles. The first-order chi connectivity index (χ1) is 15.3. The number of amidine groups is 1. The summed E-state index contributed by atoms with van der Waals surface area (Å²) in [5, 5.41) is 24.8. The molecule has 32 heavy (non-hydrogen) atoms. The number of piperidine rings is 1. The molecule has 3 aliphatic rings. The average Bonchev–Trinajstić information content (AvgIpc) is 3.40. The predicted molar refractivity (Wildman–Crippen MR) is 112 cm³/mol. The lowest BCUT2D eigenvalue weighted by atomic mass is 9.67. The van der Waals surface area contributed by atoms with Crippen LogP contribution in [0.25, 0.3) is 0 Å². The smallest absolute Gasteiger partial charge is 0.415 e. The van der Waals surface area contributed by atoms with E-state index in [2.05, 4.69) is 10.6 Å². The fourth-order valence-corrected chi connectivity index (χ4v) is 5.25. The number of nitrogens with zero attached hydrogens (tertiary/aromatic N) is 2. The minimum absolute atomic E-state index is 0.0300. The molecular weight excluding hydrogens is 418 g/mol. The fourth-order valence-electron chi connectivity index (χ4n) is 5.25. The molecule has 174 valence electrons. The standard InChI is InChI=1S/C21H29N5O6/c22-17(24-25-23)7-6-13-8-9-20-15(10-13)11-16(18(27)28)26(21(20,30)32-20)19(29)31-12-14-4-2-1-3-5-14/h1-5,13,15-16,25,30H,6-12,23H2,(H2,22,24)(H,27,28). The zero-order chi connectivity index (χ0) is 22.9. The van der Waals surface area contributed by atoms with E-state index in [1.54, 1.807) is 12.1 Å². The molecule has 2 saturated heterocycles. The van der Waals surface area contributed by atoms with E-state index in [1.807, 2.05) is 18.2 Å². The van der Waals surface area contributed by atoms with Gasteiger partial charge in [0.05, 0.1) is 0 Å². The average molecular weight is 447 g/mol. The number of carbonyl (C=O) groups excluding carboxylic acids is 1. The molecule has 7 N–H and O–H groups in total. The van der Waals surface area contributed by atoms with Gasteiger partial charge in [-0.3, -0.25) is 0 Å². The van der Waals surface area contributed by atoms with Crippen molar-refractivity contribution in [2.75, 3.05) is 0 Å². The van der Waals surface area contributed by atoms with Crippen molar-refractivity contribution in [3.63, 3.8) is 0 Å². The van der Waals surface area contributed by atoms with Crippen LogP contribution in [0, 0.1) is 11.8 Å². The highest BCUT2D eigenvalue weighted by Crippen LogP contribution is 2.65. The van der Waals surface area contributed by atoms with E-state index in [-0.39, 0.29) is 24.9 Å². The molecule has 5 atom stereocenters. The number of aliphatic hydroxyl groups is 1. The third-order valence-electron chi connectivity index (χ3n) is 6.89. The van der Waals surface area contributed by atoms with Crippen molar-refractivity contribution in [1.29, 1.82) is 0 Å². The van der Waals surface area contributed by atoms with Gasteiger partial charge in [0, 0.05) is 6.42 Å². The first kappa shape index (κ1) is 22.3. The zero-order valence-corrected chi connectivity index (χ0v) is 17.6. The maximum absolute atomic E-state index is 12.9. The van der Waals surface area contributed by atoms with Crippen LogP contribution in [-0.2, 0) is 20.9 Å². The van der Waals surface area contributed by atoms with Crippen LogP contribution in [0.5, 0.6) is 0 Å². The van der Waals surface area contributed by atoms with E-state index in [0.717, 1.165) is 23.3 Å². The summed E-state index contributed by atoms with van der Waals surface area (Å²) in [5.74, 6) is 2.44. The minimum Gasteiger partial charge on any atom is -0.480 e. The van der Waals surface area contributed by atoms with E-state index < -0.39 is 29.6 Å². The van der Waals surface area contributed by atoms with Gasteiger partial charge in [0.15, 0.2) is 5.60 Å². The highest BCUT2D eigenvalue weighted by atomic mass is 16.8. The Kier molecular flexibility index (Phi) is 5.97. The van der Waals surface area contributed by atoms with Crippen LogP contribution in [0.2, 0.25) is 0 Å². The number of amides is 1. The number of ether oxygens (including phenoxy) is 2. The summed E-state index contributed by atoms with van der Waals surface area (Å²) < 4.78 is 11.1. The van der Waals surface area contributed by atoms with Gasteiger partial charge in [-0.1, -0.05) is 30.3 Å². The highest BCUT2D eigenvalue weighted by Gasteiger charge is 2.82. The predicted octanol–water partition coefficient (Wildman–Crippen LogP) is 0.829. The van der Waals surface area contributed by atoms with Gasteiger partial charge in [-0.25, -0.2) is 25.9 Å². The van der Waals surface area contributed by atoms with Gasteiger partial charge in [-0.15, -0.1) is 0 Å². The molecule has 4 rings (SSSR count). The van der Waals surface area contributed by atoms with Crippen molar-refractivity contribution < 1.29 is 29.3 Å². The number of benzene rings is 1. The van der Waals surface area contributed by atoms with Crippen LogP contribution >= 0.6 is 0 Å². The van der Waals surface area contributed by atoms with E-state index in [1.165, 1.54) is 0 Å². The number of carboxylic acids is 1. The molecule has 1 spiro atoms. The molecule has 1 amide bonds. The largest absolute Gasteiger partial charge is 0.480 e. The Bertz CT molecular complexity index is 898. The molecule has 5 unspecified atom stereocenters. The number of hydrazone groups is 1. The highest BCUT2D eigenvalue weighted by molar-refractivity contribution is 5.81. The maximum Gasteiger partial charge on any atom is 0.415 e. The molecule has 1 aromatic rings. The van der Waals surface area contributed by atoms with Gasteiger partial charge in [0.25, 0.3) is 5.91 Å². The number of hydrogen-bond donors (Lipinski definition) is 5. The van der Waals surface area contributed by atoms with Crippen LogP contribution < -0.4 is 17.1 Å². The Morgan fingerprint density at radius 3 is 2.75 bits per heavy atom. The van der Waals surface area contributed by atoms with Crippen molar-refractivity contribution in [2.45, 2.75) is 62.7 Å². The van der Waals surface area contributed by atoms with Crippen molar-refractivity contribution in [3.05, 3.63) is 35.9 Å². The second-order valence-electron chi connectivity index (χ2n) is 8.71. The van der Waals surface area contributed by atoms with Gasteiger partial charge in [0.2, 0.25) is 0 Å². The molecular formula is C21H29N5O6. The SMILES string of the molecule is NN/N=C(\N)CCC1CCC23OC2(O)N(C(=O)OCc2ccccc2)C(C(=O)O)CC3C1. The molecule has 0 aromatic heterocycles. The van der Waals surface area contributed by atoms with Gasteiger partial charge >= 0.3 is 12.1 Å². The van der Waals surface area contributed by atoms with Crippen LogP contribution in [-0.4, -0.2) is 50.6 Å². The Balaban J connectivity index is 1.45. The molecule has 11 nitrogen and oxygen atoms in total. The topological polar surface area (TPSA) is 176 Å². The maximum atomic E-state index is 12.9. The first-order valence-corrected chi connectivity index (χ1v) is 10.7. The molecule has 2 heterocycles. The summed E-state index contributed by atoms with van der Waals surface area (Å²) in [5.41, 5.74) is 7.75. The number of carbonyl (C=O) groups is 2. The first-order valence-electron chi connectivity index (χ1n) is 10.7. The van der Waals surface area contributed by atoms with E-state index in [0.29, 0.717) is 25.1 Å². The zero-order valence-electron chi connectivity index (χ0n) is 17.6. The summed E-state index contributed by atoms with van der Waals surface area (Å²) >= 11 is 0. The Morgan fingerprint density at radius 1 is 1.31 bits per heavy atom. The number of rotatable bonds is 7. The summed E-state index contributed by atoms with van der Waals surface area (Å²) in [6.07, 6.45) is 2.54. The van der Waals surface area contributed by atoms with Crippen molar-refractivity contribution in [3.8, 4) is 0 Å². The number of likely N-dealkylation sites (tertiary alicyclic amines) is 1. The van der Waals surface area contributed by atoms with Crippen molar-refractivity contribution in [1.82, 2.24) is 10.4 Å². The summed E-state index contributed by atoms with van der Waals surface area (Å²) in [4.78, 5) is 25.8. The molecule has 3 fully saturated rings. The van der Waals surface area contributed by atoms with Crippen molar-refractivity contribution >= 4 is 17.9 Å². The van der Waals surface area contributed by atoms with Crippen LogP contribution in [0.4, 0.5) is 4.79 Å². The van der Waals surface area contributed by atoms with E-state index in [4.69, 9.17) is 21.1 Å². The molecule has 1 saturated carbocycles. The number of nitrogens with two attached hydrogens (primary N) is 2. The quantitative estimate of drug-likeness (QED) is 0.133. The number of carboxylic acid groups (broad SMARTS) is 1. The molecule has 0 bridgehead atoms. The monoisotopic (exact) mass is 447 g/mol. The number of epoxide rings is 1. The number of nitrogens with one attached hydrogen (secondary N) is 1. The Hall–Kier alpha value is -2.89. The lowest BCUT2D eigenvalue weighted by molar-refractivity contribution is -0.165. The van der Waals surface area contributed by atoms with E-state index >= 15 is 0 Å². The lowest BCUT2D eigenvalue weighted by Gasteiger charge is -2.44. The van der Waals surface area contributed by atoms with Crippen molar-refractivity contribution in [2.24, 2.45) is 28.5 Å². The second kappa shape index (κ2) is 8.57. The normalized spacial score (nSPS) is 33.6. The lowest BCUT2D eigenvalue weighted by Crippen LogP contribution is -2.62. The Labute approximate surface area is 185 Å².